The molecule has 0 bridgehead atoms. The van der Waals surface area contributed by atoms with E-state index in [1.807, 2.05) is 18.5 Å². The summed E-state index contributed by atoms with van der Waals surface area (Å²) < 4.78 is 8.33. The molecule has 3 heterocycles. The van der Waals surface area contributed by atoms with E-state index in [1.54, 1.807) is 17.6 Å². The van der Waals surface area contributed by atoms with Crippen LogP contribution >= 0.6 is 0 Å². The smallest absolute Gasteiger partial charge is 0.217 e. The van der Waals surface area contributed by atoms with Gasteiger partial charge in [0.25, 0.3) is 0 Å². The van der Waals surface area contributed by atoms with Crippen LogP contribution in [0.5, 0.6) is 0 Å². The lowest BCUT2D eigenvalue weighted by Crippen LogP contribution is -2.44. The van der Waals surface area contributed by atoms with E-state index in [1.165, 1.54) is 32.1 Å². The third kappa shape index (κ3) is 3.54. The van der Waals surface area contributed by atoms with Gasteiger partial charge in [0.2, 0.25) is 5.91 Å². The van der Waals surface area contributed by atoms with Crippen LogP contribution in [0.15, 0.2) is 24.7 Å². The van der Waals surface area contributed by atoms with Gasteiger partial charge in [-0.25, -0.2) is 9.50 Å². The van der Waals surface area contributed by atoms with Gasteiger partial charge in [-0.15, -0.1) is 0 Å². The summed E-state index contributed by atoms with van der Waals surface area (Å²) >= 11 is 0. The van der Waals surface area contributed by atoms with Crippen molar-refractivity contribution < 1.29 is 9.53 Å². The Morgan fingerprint density at radius 1 is 1.28 bits per heavy atom. The Balaban J connectivity index is 1.60. The van der Waals surface area contributed by atoms with Crippen molar-refractivity contribution in [3.63, 3.8) is 0 Å². The molecule has 6 heteroatoms. The molecule has 6 nitrogen and oxygen atoms in total. The normalized spacial score (nSPS) is 28.1. The van der Waals surface area contributed by atoms with Crippen LogP contribution in [0.25, 0.3) is 5.65 Å². The number of carbonyl (C=O) groups is 1. The highest BCUT2D eigenvalue weighted by Crippen LogP contribution is 2.39. The van der Waals surface area contributed by atoms with Crippen molar-refractivity contribution in [3.05, 3.63) is 30.2 Å². The molecule has 134 valence electrons. The number of rotatable bonds is 3. The van der Waals surface area contributed by atoms with E-state index in [9.17, 15) is 4.79 Å². The van der Waals surface area contributed by atoms with E-state index in [0.29, 0.717) is 5.92 Å². The first-order valence-corrected chi connectivity index (χ1v) is 9.41. The van der Waals surface area contributed by atoms with Gasteiger partial charge in [-0.2, -0.15) is 5.10 Å². The minimum Gasteiger partial charge on any atom is -0.370 e. The molecular weight excluding hydrogens is 316 g/mol. The fourth-order valence-corrected chi connectivity index (χ4v) is 4.44. The quantitative estimate of drug-likeness (QED) is 0.931. The first kappa shape index (κ1) is 16.5. The van der Waals surface area contributed by atoms with Crippen molar-refractivity contribution in [2.45, 2.75) is 70.1 Å². The maximum atomic E-state index is 11.6. The number of fused-ring (bicyclic) bond motifs is 1. The molecule has 25 heavy (non-hydrogen) atoms. The summed E-state index contributed by atoms with van der Waals surface area (Å²) in [4.78, 5) is 16.1. The zero-order chi connectivity index (χ0) is 17.2. The molecule has 1 amide bonds. The van der Waals surface area contributed by atoms with E-state index < -0.39 is 0 Å². The fourth-order valence-electron chi connectivity index (χ4n) is 4.44. The Morgan fingerprint density at radius 2 is 2.12 bits per heavy atom. The Morgan fingerprint density at radius 3 is 2.92 bits per heavy atom. The molecule has 1 saturated heterocycles. The molecule has 1 aliphatic heterocycles. The summed E-state index contributed by atoms with van der Waals surface area (Å²) in [5, 5.41) is 7.53. The van der Waals surface area contributed by atoms with Crippen LogP contribution in [0.4, 0.5) is 0 Å². The number of hydrogen-bond acceptors (Lipinski definition) is 4. The lowest BCUT2D eigenvalue weighted by molar-refractivity contribution is -0.124. The summed E-state index contributed by atoms with van der Waals surface area (Å²) in [5.74, 6) is 0.633. The highest BCUT2D eigenvalue weighted by atomic mass is 16.5. The van der Waals surface area contributed by atoms with Crippen molar-refractivity contribution in [3.8, 4) is 0 Å². The van der Waals surface area contributed by atoms with Gasteiger partial charge >= 0.3 is 0 Å². The maximum Gasteiger partial charge on any atom is 0.217 e. The number of nitrogens with one attached hydrogen (secondary N) is 1. The van der Waals surface area contributed by atoms with E-state index in [-0.39, 0.29) is 24.2 Å². The molecule has 2 aromatic rings. The minimum absolute atomic E-state index is 0.0334. The number of nitrogens with zero attached hydrogens (tertiary/aromatic N) is 3. The highest BCUT2D eigenvalue weighted by Gasteiger charge is 2.36. The molecule has 4 rings (SSSR count). The summed E-state index contributed by atoms with van der Waals surface area (Å²) in [5.41, 5.74) is 1.87. The van der Waals surface area contributed by atoms with Gasteiger partial charge in [-0.1, -0.05) is 19.3 Å². The molecule has 2 fully saturated rings. The second-order valence-electron chi connectivity index (χ2n) is 7.42. The van der Waals surface area contributed by atoms with Crippen molar-refractivity contribution in [2.75, 3.05) is 0 Å². The number of hydrogen-bond donors (Lipinski definition) is 1. The lowest BCUT2D eigenvalue weighted by Gasteiger charge is -2.40. The second-order valence-corrected chi connectivity index (χ2v) is 7.42. The number of ether oxygens (including phenoxy) is 1. The van der Waals surface area contributed by atoms with Crippen LogP contribution in [-0.4, -0.2) is 32.7 Å². The zero-order valence-electron chi connectivity index (χ0n) is 14.7. The minimum atomic E-state index is -0.0649. The third-order valence-corrected chi connectivity index (χ3v) is 5.59. The molecule has 1 saturated carbocycles. The predicted molar refractivity (Wildman–Crippen MR) is 94.0 cm³/mol. The van der Waals surface area contributed by atoms with Gasteiger partial charge in [-0.05, 0) is 37.7 Å². The molecule has 0 radical (unpaired) electrons. The van der Waals surface area contributed by atoms with Gasteiger partial charge in [0.1, 0.15) is 0 Å². The average molecular weight is 342 g/mol. The van der Waals surface area contributed by atoms with Gasteiger partial charge in [0.05, 0.1) is 18.4 Å². The summed E-state index contributed by atoms with van der Waals surface area (Å²) in [6.07, 6.45) is 13.8. The molecule has 2 aromatic heterocycles. The molecule has 1 N–H and O–H groups in total. The Kier molecular flexibility index (Phi) is 4.70. The van der Waals surface area contributed by atoms with Crippen molar-refractivity contribution in [1.29, 1.82) is 0 Å². The van der Waals surface area contributed by atoms with E-state index in [2.05, 4.69) is 15.4 Å². The van der Waals surface area contributed by atoms with Crippen LogP contribution < -0.4 is 5.32 Å². The Labute approximate surface area is 148 Å². The molecule has 3 atom stereocenters. The molecular formula is C19H26N4O2. The number of amides is 1. The molecule has 0 unspecified atom stereocenters. The number of carbonyl (C=O) groups excluding carboxylic acids is 1. The van der Waals surface area contributed by atoms with E-state index in [4.69, 9.17) is 4.74 Å². The van der Waals surface area contributed by atoms with Crippen molar-refractivity contribution in [1.82, 2.24) is 19.9 Å². The van der Waals surface area contributed by atoms with Crippen LogP contribution in [0, 0.1) is 5.92 Å². The number of aromatic nitrogens is 3. The molecule has 0 aromatic carbocycles. The summed E-state index contributed by atoms with van der Waals surface area (Å²) in [7, 11) is 0. The largest absolute Gasteiger partial charge is 0.370 e. The maximum absolute atomic E-state index is 11.6. The standard InChI is InChI=1S/C19H26N4O2/c1-13(24)22-15-10-17(14-6-3-2-4-7-14)25-18(11-15)16-12-21-23-9-5-8-20-19(16)23/h5,8-9,12,14-15,17-18H,2-4,6-7,10-11H2,1H3,(H,22,24)/t15-,17-,18+/m0/s1. The van der Waals surface area contributed by atoms with E-state index in [0.717, 1.165) is 24.1 Å². The predicted octanol–water partition coefficient (Wildman–Crippen LogP) is 3.03. The zero-order valence-corrected chi connectivity index (χ0v) is 14.7. The molecule has 2 aliphatic rings. The summed E-state index contributed by atoms with van der Waals surface area (Å²) in [6.45, 7) is 1.59. The van der Waals surface area contributed by atoms with Crippen LogP contribution in [0.2, 0.25) is 0 Å². The Bertz CT molecular complexity index is 738. The fraction of sp³-hybridized carbons (Fsp3) is 0.632. The van der Waals surface area contributed by atoms with Gasteiger partial charge in [0, 0.05) is 30.9 Å². The first-order chi connectivity index (χ1) is 12.2. The third-order valence-electron chi connectivity index (χ3n) is 5.59. The van der Waals surface area contributed by atoms with Crippen LogP contribution in [0.1, 0.15) is 63.5 Å². The highest BCUT2D eigenvalue weighted by molar-refractivity contribution is 5.73. The average Bonchev–Trinajstić information content (AvgIpc) is 3.06. The molecule has 1 aliphatic carbocycles. The van der Waals surface area contributed by atoms with Crippen LogP contribution in [0.3, 0.4) is 0 Å². The van der Waals surface area contributed by atoms with Crippen LogP contribution in [-0.2, 0) is 9.53 Å². The topological polar surface area (TPSA) is 68.5 Å². The van der Waals surface area contributed by atoms with Gasteiger partial charge < -0.3 is 10.1 Å². The second kappa shape index (κ2) is 7.12. The van der Waals surface area contributed by atoms with Crippen molar-refractivity contribution >= 4 is 11.6 Å². The Hall–Kier alpha value is -1.95. The monoisotopic (exact) mass is 342 g/mol. The summed E-state index contributed by atoms with van der Waals surface area (Å²) in [6, 6.07) is 2.03. The SMILES string of the molecule is CC(=O)N[C@H]1C[C@@H](C2CCCCC2)O[C@@H](c2cnn3cccnc23)C1. The van der Waals surface area contributed by atoms with Crippen molar-refractivity contribution in [2.24, 2.45) is 5.92 Å². The van der Waals surface area contributed by atoms with Gasteiger partial charge in [-0.3, -0.25) is 4.79 Å². The first-order valence-electron chi connectivity index (χ1n) is 9.41. The van der Waals surface area contributed by atoms with Gasteiger partial charge in [0.15, 0.2) is 5.65 Å². The van der Waals surface area contributed by atoms with E-state index >= 15 is 0 Å². The molecule has 0 spiro atoms. The lowest BCUT2D eigenvalue weighted by atomic mass is 9.80.